The van der Waals surface area contributed by atoms with E-state index in [2.05, 4.69) is 50.4 Å². The van der Waals surface area contributed by atoms with Gasteiger partial charge in [0.1, 0.15) is 28.5 Å². The van der Waals surface area contributed by atoms with E-state index >= 15 is 0 Å². The van der Waals surface area contributed by atoms with Crippen molar-refractivity contribution in [1.29, 1.82) is 0 Å². The second-order valence-electron chi connectivity index (χ2n) is 16.7. The Hall–Kier alpha value is -7.34. The van der Waals surface area contributed by atoms with Gasteiger partial charge < -0.3 is 44.8 Å². The number of methoxy groups -OCH3 is 2. The summed E-state index contributed by atoms with van der Waals surface area (Å²) in [5, 5.41) is 8.48. The Kier molecular flexibility index (Phi) is 15.3. The molecule has 10 rings (SSSR count). The summed E-state index contributed by atoms with van der Waals surface area (Å²) in [5.74, 6) is 3.63. The van der Waals surface area contributed by atoms with Gasteiger partial charge in [-0.05, 0) is 44.0 Å². The molecule has 8 heterocycles. The lowest BCUT2D eigenvalue weighted by Crippen LogP contribution is -2.37. The van der Waals surface area contributed by atoms with Gasteiger partial charge in [0.25, 0.3) is 11.8 Å². The summed E-state index contributed by atoms with van der Waals surface area (Å²) >= 11 is 0. The predicted molar refractivity (Wildman–Crippen MR) is 257 cm³/mol. The molecular weight excluding hydrogens is 903 g/mol. The lowest BCUT2D eigenvalue weighted by Gasteiger charge is -2.26. The van der Waals surface area contributed by atoms with Crippen LogP contribution in [-0.2, 0) is 22.6 Å². The first-order valence-corrected chi connectivity index (χ1v) is 23.4. The second kappa shape index (κ2) is 22.4. The van der Waals surface area contributed by atoms with E-state index in [1.807, 2.05) is 33.4 Å². The summed E-state index contributed by atoms with van der Waals surface area (Å²) in [4.78, 5) is 64.2. The minimum absolute atomic E-state index is 0.0899. The van der Waals surface area contributed by atoms with Crippen LogP contribution in [0.1, 0.15) is 39.4 Å². The molecule has 4 aliphatic heterocycles. The highest BCUT2D eigenvalue weighted by molar-refractivity contribution is 5.98. The number of nitrogens with zero attached hydrogens (tertiary/aromatic N) is 12. The van der Waals surface area contributed by atoms with Gasteiger partial charge >= 0.3 is 0 Å². The van der Waals surface area contributed by atoms with Crippen LogP contribution in [0.15, 0.2) is 59.0 Å². The maximum Gasteiger partial charge on any atom is 0.283 e. The number of aryl methyl sites for hydroxylation is 1. The van der Waals surface area contributed by atoms with Gasteiger partial charge in [0.05, 0.1) is 65.0 Å². The van der Waals surface area contributed by atoms with Crippen molar-refractivity contribution >= 4 is 51.2 Å². The van der Waals surface area contributed by atoms with Crippen LogP contribution in [0.5, 0.6) is 23.0 Å². The van der Waals surface area contributed by atoms with Crippen LogP contribution >= 0.6 is 0 Å². The molecule has 6 aromatic rings. The molecule has 0 radical (unpaired) electrons. The van der Waals surface area contributed by atoms with E-state index in [-0.39, 0.29) is 17.1 Å². The monoisotopic (exact) mass is 959 g/mol. The SMILES string of the molecule is COc1c(OCCCN2CCOCC2)ccc2c3n(c(=NC(=O)c4cnc(C)nc4)nc12)CCN3.COc1c(OCCCN2CCOCC2)ccc2c3n(c(=NC(=O)c4cnc(N)nc4)nc12)CCN3. The van der Waals surface area contributed by atoms with Crippen molar-refractivity contribution in [2.45, 2.75) is 32.9 Å². The number of nitrogens with one attached hydrogen (secondary N) is 2. The van der Waals surface area contributed by atoms with Gasteiger partial charge in [-0.3, -0.25) is 28.5 Å². The van der Waals surface area contributed by atoms with Gasteiger partial charge in [-0.2, -0.15) is 9.98 Å². The number of hydrogen-bond donors (Lipinski definition) is 3. The molecule has 4 aromatic heterocycles. The molecule has 4 N–H and O–H groups in total. The number of amides is 2. The summed E-state index contributed by atoms with van der Waals surface area (Å²) < 4.78 is 38.2. The van der Waals surface area contributed by atoms with E-state index in [1.54, 1.807) is 21.1 Å². The highest BCUT2D eigenvalue weighted by Crippen LogP contribution is 2.38. The molecule has 2 saturated heterocycles. The fraction of sp³-hybridized carbons (Fsp3) is 0.447. The number of nitrogen functional groups attached to an aromatic ring is 1. The van der Waals surface area contributed by atoms with Crippen LogP contribution in [0.3, 0.4) is 0 Å². The van der Waals surface area contributed by atoms with Crippen molar-refractivity contribution in [2.24, 2.45) is 9.98 Å². The lowest BCUT2D eigenvalue weighted by atomic mass is 10.2. The maximum atomic E-state index is 12.8. The predicted octanol–water partition coefficient (Wildman–Crippen LogP) is 2.10. The molecule has 0 unspecified atom stereocenters. The molecule has 2 fully saturated rings. The molecular formula is C47H57N15O8. The number of rotatable bonds is 14. The Bertz CT molecular complexity index is 2770. The van der Waals surface area contributed by atoms with Crippen molar-refractivity contribution in [3.8, 4) is 23.0 Å². The van der Waals surface area contributed by atoms with Crippen molar-refractivity contribution in [2.75, 3.05) is 123 Å². The minimum atomic E-state index is -0.507. The van der Waals surface area contributed by atoms with Crippen LogP contribution in [-0.4, -0.2) is 167 Å². The maximum absolute atomic E-state index is 12.8. The number of morpholine rings is 2. The minimum Gasteiger partial charge on any atom is -0.491 e. The zero-order valence-corrected chi connectivity index (χ0v) is 39.6. The molecule has 70 heavy (non-hydrogen) atoms. The van der Waals surface area contributed by atoms with Gasteiger partial charge in [-0.1, -0.05) is 0 Å². The number of benzene rings is 2. The highest BCUT2D eigenvalue weighted by Gasteiger charge is 2.23. The highest BCUT2D eigenvalue weighted by atomic mass is 16.5. The molecule has 23 heteroatoms. The third kappa shape index (κ3) is 10.9. The van der Waals surface area contributed by atoms with Crippen molar-refractivity contribution in [3.63, 3.8) is 0 Å². The fourth-order valence-corrected chi connectivity index (χ4v) is 8.54. The zero-order valence-electron chi connectivity index (χ0n) is 39.6. The number of carbonyl (C=O) groups excluding carboxylic acids is 2. The summed E-state index contributed by atoms with van der Waals surface area (Å²) in [6.07, 6.45) is 7.42. The molecule has 23 nitrogen and oxygen atoms in total. The number of aromatic nitrogens is 8. The van der Waals surface area contributed by atoms with Crippen LogP contribution < -0.4 is 46.6 Å². The third-order valence-corrected chi connectivity index (χ3v) is 12.1. The summed E-state index contributed by atoms with van der Waals surface area (Å²) in [6.45, 7) is 14.4. The van der Waals surface area contributed by atoms with Crippen molar-refractivity contribution in [3.05, 3.63) is 77.2 Å². The standard InChI is InChI=1S/C24H29N7O4.C23H28N8O4/c1-16-26-14-17(15-27-16)23(32)29-24-28-20-18(22-25-6-8-31(22)24)4-5-19(21(20)33-2)35-11-3-7-30-9-12-34-13-10-30;1-33-19-17(35-10-2-6-30-8-11-34-12-9-30)4-3-16-18(19)28-23(31-7-5-25-20(16)31)29-21(32)15-13-26-22(24)27-14-15/h4-5,14-15,25H,3,6-13H2,1-2H3;3-4,13-14,25H,2,5-12H2,1H3,(H2,24,26,27). The van der Waals surface area contributed by atoms with Crippen molar-refractivity contribution < 1.29 is 38.0 Å². The Morgan fingerprint density at radius 3 is 1.50 bits per heavy atom. The molecule has 0 spiro atoms. The Morgan fingerprint density at radius 2 is 1.07 bits per heavy atom. The number of anilines is 3. The number of carbonyl (C=O) groups is 2. The zero-order chi connectivity index (χ0) is 48.4. The first-order chi connectivity index (χ1) is 34.3. The normalized spacial score (nSPS) is 16.2. The first kappa shape index (κ1) is 47.7. The average Bonchev–Trinajstić information content (AvgIpc) is 4.10. The molecule has 0 aliphatic carbocycles. The molecule has 0 atom stereocenters. The van der Waals surface area contributed by atoms with Crippen LogP contribution in [0, 0.1) is 6.92 Å². The van der Waals surface area contributed by atoms with Gasteiger partial charge in [0.15, 0.2) is 23.0 Å². The number of ether oxygens (including phenoxy) is 6. The second-order valence-corrected chi connectivity index (χ2v) is 16.7. The smallest absolute Gasteiger partial charge is 0.283 e. The van der Waals surface area contributed by atoms with E-state index in [0.29, 0.717) is 90.4 Å². The van der Waals surface area contributed by atoms with Crippen molar-refractivity contribution in [1.82, 2.24) is 48.8 Å². The van der Waals surface area contributed by atoms with E-state index in [9.17, 15) is 9.59 Å². The van der Waals surface area contributed by atoms with Gasteiger partial charge in [-0.15, -0.1) is 0 Å². The molecule has 4 aliphatic rings. The molecule has 0 bridgehead atoms. The molecule has 0 saturated carbocycles. The summed E-state index contributed by atoms with van der Waals surface area (Å²) in [6, 6.07) is 7.72. The number of nitrogens with two attached hydrogens (primary N) is 1. The quantitative estimate of drug-likeness (QED) is 0.132. The van der Waals surface area contributed by atoms with Crippen LogP contribution in [0.25, 0.3) is 21.8 Å². The molecule has 2 amide bonds. The van der Waals surface area contributed by atoms with Gasteiger partial charge in [-0.25, -0.2) is 29.9 Å². The van der Waals surface area contributed by atoms with E-state index in [1.165, 1.54) is 24.8 Å². The Morgan fingerprint density at radius 1 is 0.643 bits per heavy atom. The van der Waals surface area contributed by atoms with E-state index in [4.69, 9.17) is 44.1 Å². The lowest BCUT2D eigenvalue weighted by molar-refractivity contribution is 0.0357. The largest absolute Gasteiger partial charge is 0.491 e. The third-order valence-electron chi connectivity index (χ3n) is 12.1. The molecule has 2 aromatic carbocycles. The fourth-order valence-electron chi connectivity index (χ4n) is 8.54. The topological polar surface area (TPSA) is 258 Å². The van der Waals surface area contributed by atoms with Gasteiger partial charge in [0, 0.05) is 101 Å². The van der Waals surface area contributed by atoms with Gasteiger partial charge in [0.2, 0.25) is 17.2 Å². The Labute approximate surface area is 402 Å². The summed E-state index contributed by atoms with van der Waals surface area (Å²) in [7, 11) is 3.18. The average molecular weight is 960 g/mol. The van der Waals surface area contributed by atoms with E-state index in [0.717, 1.165) is 101 Å². The van der Waals surface area contributed by atoms with Crippen LogP contribution in [0.2, 0.25) is 0 Å². The van der Waals surface area contributed by atoms with E-state index < -0.39 is 11.8 Å². The first-order valence-electron chi connectivity index (χ1n) is 23.4. The molecule has 368 valence electrons. The number of fused-ring (bicyclic) bond motifs is 6. The Balaban J connectivity index is 0.000000174. The van der Waals surface area contributed by atoms with Crippen LogP contribution in [0.4, 0.5) is 17.6 Å². The number of hydrogen-bond acceptors (Lipinski definition) is 19. The summed E-state index contributed by atoms with van der Waals surface area (Å²) in [5.41, 5.74) is 7.78.